The number of aliphatic hydroxyl groups is 1. The number of allylic oxidation sites excluding steroid dienone is 1. The molecule has 0 unspecified atom stereocenters. The molecule has 4 nitrogen and oxygen atoms in total. The molecule has 0 saturated heterocycles. The second-order valence-electron chi connectivity index (χ2n) is 7.66. The molecular weight excluding hydrogens is 360 g/mol. The van der Waals surface area contributed by atoms with Crippen molar-refractivity contribution < 1.29 is 9.94 Å². The highest BCUT2D eigenvalue weighted by atomic mass is 35.5. The van der Waals surface area contributed by atoms with Crippen molar-refractivity contribution in [1.29, 1.82) is 0 Å². The van der Waals surface area contributed by atoms with Crippen LogP contribution in [-0.2, 0) is 4.84 Å². The third kappa shape index (κ3) is 6.95. The highest BCUT2D eigenvalue weighted by molar-refractivity contribution is 6.30. The van der Waals surface area contributed by atoms with Crippen LogP contribution in [0, 0.1) is 0 Å². The number of halogens is 1. The molecule has 2 fully saturated rings. The van der Waals surface area contributed by atoms with Gasteiger partial charge in [-0.05, 0) is 67.9 Å². The van der Waals surface area contributed by atoms with Crippen molar-refractivity contribution in [3.8, 4) is 0 Å². The van der Waals surface area contributed by atoms with E-state index in [9.17, 15) is 5.11 Å². The van der Waals surface area contributed by atoms with E-state index in [2.05, 4.69) is 16.5 Å². The monoisotopic (exact) mass is 390 g/mol. The van der Waals surface area contributed by atoms with Gasteiger partial charge in [0.25, 0.3) is 0 Å². The van der Waals surface area contributed by atoms with E-state index in [0.29, 0.717) is 12.6 Å². The molecule has 27 heavy (non-hydrogen) atoms. The van der Waals surface area contributed by atoms with Crippen molar-refractivity contribution in [2.45, 2.75) is 69.9 Å². The summed E-state index contributed by atoms with van der Waals surface area (Å²) in [5, 5.41) is 18.7. The van der Waals surface area contributed by atoms with E-state index in [1.165, 1.54) is 44.1 Å². The third-order valence-corrected chi connectivity index (χ3v) is 5.63. The molecule has 1 atom stereocenters. The van der Waals surface area contributed by atoms with Crippen LogP contribution in [0.4, 0.5) is 0 Å². The normalized spacial score (nSPS) is 22.9. The molecular formula is C22H31ClN2O2. The van der Waals surface area contributed by atoms with Crippen LogP contribution in [0.25, 0.3) is 6.08 Å². The first kappa shape index (κ1) is 20.4. The fourth-order valence-electron chi connectivity index (χ4n) is 3.80. The van der Waals surface area contributed by atoms with Crippen molar-refractivity contribution in [1.82, 2.24) is 5.32 Å². The smallest absolute Gasteiger partial charge is 0.144 e. The van der Waals surface area contributed by atoms with E-state index in [-0.39, 0.29) is 6.61 Å². The van der Waals surface area contributed by atoms with Gasteiger partial charge >= 0.3 is 0 Å². The maximum Gasteiger partial charge on any atom is 0.144 e. The number of nitrogens with zero attached hydrogens (tertiary/aromatic N) is 1. The summed E-state index contributed by atoms with van der Waals surface area (Å²) in [6, 6.07) is 8.39. The molecule has 1 aromatic rings. The first-order chi connectivity index (χ1) is 13.2. The SMILES string of the molecule is O[C@H](CNC1CCCCC1)CO/N=C1\CCCC\C1=C/c1ccc(Cl)cc1. The Morgan fingerprint density at radius 2 is 1.85 bits per heavy atom. The third-order valence-electron chi connectivity index (χ3n) is 5.38. The molecule has 2 aliphatic rings. The van der Waals surface area contributed by atoms with Crippen molar-refractivity contribution in [3.63, 3.8) is 0 Å². The maximum absolute atomic E-state index is 10.2. The Morgan fingerprint density at radius 3 is 2.63 bits per heavy atom. The first-order valence-corrected chi connectivity index (χ1v) is 10.7. The Bertz CT molecular complexity index is 636. The fraction of sp³-hybridized carbons (Fsp3) is 0.591. The van der Waals surface area contributed by atoms with Crippen LogP contribution in [0.15, 0.2) is 35.0 Å². The number of nitrogens with one attached hydrogen (secondary N) is 1. The Labute approximate surface area is 167 Å². The van der Waals surface area contributed by atoms with Gasteiger partial charge in [0.2, 0.25) is 0 Å². The summed E-state index contributed by atoms with van der Waals surface area (Å²) in [7, 11) is 0. The van der Waals surface area contributed by atoms with Crippen molar-refractivity contribution in [3.05, 3.63) is 40.4 Å². The Balaban J connectivity index is 1.48. The van der Waals surface area contributed by atoms with Gasteiger partial charge in [0, 0.05) is 17.6 Å². The molecule has 0 heterocycles. The van der Waals surface area contributed by atoms with E-state index in [1.807, 2.05) is 24.3 Å². The van der Waals surface area contributed by atoms with E-state index < -0.39 is 6.10 Å². The Kier molecular flexibility index (Phi) is 8.18. The summed E-state index contributed by atoms with van der Waals surface area (Å²) in [5.41, 5.74) is 3.35. The molecule has 2 aliphatic carbocycles. The number of aliphatic hydroxyl groups excluding tert-OH is 1. The van der Waals surface area contributed by atoms with Crippen LogP contribution in [0.5, 0.6) is 0 Å². The molecule has 0 radical (unpaired) electrons. The zero-order valence-corrected chi connectivity index (χ0v) is 16.8. The molecule has 2 saturated carbocycles. The molecule has 0 amide bonds. The van der Waals surface area contributed by atoms with E-state index >= 15 is 0 Å². The minimum Gasteiger partial charge on any atom is -0.393 e. The summed E-state index contributed by atoms with van der Waals surface area (Å²) < 4.78 is 0. The topological polar surface area (TPSA) is 53.8 Å². The van der Waals surface area contributed by atoms with Crippen LogP contribution in [-0.4, -0.2) is 36.1 Å². The first-order valence-electron chi connectivity index (χ1n) is 10.3. The summed E-state index contributed by atoms with van der Waals surface area (Å²) in [4.78, 5) is 5.50. The van der Waals surface area contributed by atoms with E-state index in [0.717, 1.165) is 35.6 Å². The fourth-order valence-corrected chi connectivity index (χ4v) is 3.93. The largest absolute Gasteiger partial charge is 0.393 e. The highest BCUT2D eigenvalue weighted by Crippen LogP contribution is 2.24. The molecule has 3 rings (SSSR count). The average molecular weight is 391 g/mol. The number of hydrogen-bond donors (Lipinski definition) is 2. The standard InChI is InChI=1S/C22H31ClN2O2/c23-19-12-10-17(11-13-19)14-18-6-4-5-9-22(18)25-27-16-21(26)15-24-20-7-2-1-3-8-20/h10-14,20-21,24,26H,1-9,15-16H2/b18-14+,25-22+/t21-/m1/s1. The molecule has 1 aromatic carbocycles. The molecule has 0 bridgehead atoms. The van der Waals surface area contributed by atoms with Crippen LogP contribution >= 0.6 is 11.6 Å². The number of oxime groups is 1. The highest BCUT2D eigenvalue weighted by Gasteiger charge is 2.16. The van der Waals surface area contributed by atoms with Crippen LogP contribution in [0.2, 0.25) is 5.02 Å². The van der Waals surface area contributed by atoms with Gasteiger partial charge in [0.15, 0.2) is 0 Å². The van der Waals surface area contributed by atoms with Crippen molar-refractivity contribution in [2.75, 3.05) is 13.2 Å². The quantitative estimate of drug-likeness (QED) is 0.647. The lowest BCUT2D eigenvalue weighted by Gasteiger charge is -2.24. The van der Waals surface area contributed by atoms with Gasteiger partial charge in [-0.15, -0.1) is 0 Å². The summed E-state index contributed by atoms with van der Waals surface area (Å²) in [6.45, 7) is 0.806. The lowest BCUT2D eigenvalue weighted by atomic mass is 9.91. The zero-order chi connectivity index (χ0) is 18.9. The molecule has 0 aromatic heterocycles. The Hall–Kier alpha value is -1.36. The minimum absolute atomic E-state index is 0.234. The number of hydrogen-bond acceptors (Lipinski definition) is 4. The second-order valence-corrected chi connectivity index (χ2v) is 8.10. The molecule has 148 valence electrons. The van der Waals surface area contributed by atoms with E-state index in [1.54, 1.807) is 0 Å². The van der Waals surface area contributed by atoms with Gasteiger partial charge in [-0.25, -0.2) is 0 Å². The van der Waals surface area contributed by atoms with E-state index in [4.69, 9.17) is 16.4 Å². The molecule has 2 N–H and O–H groups in total. The lowest BCUT2D eigenvalue weighted by Crippen LogP contribution is -2.38. The van der Waals surface area contributed by atoms with Crippen molar-refractivity contribution in [2.24, 2.45) is 5.16 Å². The summed E-state index contributed by atoms with van der Waals surface area (Å²) in [6.07, 6.45) is 12.2. The molecule has 5 heteroatoms. The van der Waals surface area contributed by atoms with Gasteiger partial charge in [-0.1, -0.05) is 48.2 Å². The van der Waals surface area contributed by atoms with Gasteiger partial charge in [0.05, 0.1) is 5.71 Å². The van der Waals surface area contributed by atoms with Gasteiger partial charge < -0.3 is 15.3 Å². The van der Waals surface area contributed by atoms with Crippen LogP contribution in [0.1, 0.15) is 63.4 Å². The predicted molar refractivity (Wildman–Crippen MR) is 112 cm³/mol. The molecule has 0 spiro atoms. The summed E-state index contributed by atoms with van der Waals surface area (Å²) >= 11 is 5.96. The second kappa shape index (κ2) is 10.8. The van der Waals surface area contributed by atoms with Crippen LogP contribution < -0.4 is 5.32 Å². The maximum atomic E-state index is 10.2. The van der Waals surface area contributed by atoms with Gasteiger partial charge in [-0.2, -0.15) is 0 Å². The summed E-state index contributed by atoms with van der Waals surface area (Å²) in [5.74, 6) is 0. The lowest BCUT2D eigenvalue weighted by molar-refractivity contribution is 0.0379. The van der Waals surface area contributed by atoms with Crippen LogP contribution in [0.3, 0.4) is 0 Å². The van der Waals surface area contributed by atoms with Gasteiger partial charge in [-0.3, -0.25) is 0 Å². The Morgan fingerprint density at radius 1 is 1.11 bits per heavy atom. The van der Waals surface area contributed by atoms with Crippen molar-refractivity contribution >= 4 is 23.4 Å². The predicted octanol–water partition coefficient (Wildman–Crippen LogP) is 4.95. The number of rotatable bonds is 7. The minimum atomic E-state index is -0.524. The van der Waals surface area contributed by atoms with Gasteiger partial charge in [0.1, 0.15) is 12.7 Å². The number of benzene rings is 1. The average Bonchev–Trinajstić information content (AvgIpc) is 2.70. The zero-order valence-electron chi connectivity index (χ0n) is 16.0. The molecule has 0 aliphatic heterocycles.